The van der Waals surface area contributed by atoms with Gasteiger partial charge in [-0.3, -0.25) is 0 Å². The van der Waals surface area contributed by atoms with E-state index in [1.165, 1.54) is 32.1 Å². The molecule has 0 radical (unpaired) electrons. The summed E-state index contributed by atoms with van der Waals surface area (Å²) >= 11 is 0. The monoisotopic (exact) mass is 200 g/mol. The summed E-state index contributed by atoms with van der Waals surface area (Å²) in [7, 11) is 0. The van der Waals surface area contributed by atoms with Gasteiger partial charge in [0.15, 0.2) is 0 Å². The van der Waals surface area contributed by atoms with Crippen molar-refractivity contribution in [2.75, 3.05) is 6.61 Å². The van der Waals surface area contributed by atoms with Crippen molar-refractivity contribution in [3.63, 3.8) is 0 Å². The van der Waals surface area contributed by atoms with Gasteiger partial charge < -0.3 is 9.84 Å². The Morgan fingerprint density at radius 3 is 2.36 bits per heavy atom. The zero-order valence-electron chi connectivity index (χ0n) is 9.54. The lowest BCUT2D eigenvalue weighted by Gasteiger charge is -2.31. The fraction of sp³-hybridized carbons (Fsp3) is 1.00. The fourth-order valence-electron chi connectivity index (χ4n) is 2.45. The second-order valence-electron chi connectivity index (χ2n) is 4.29. The minimum absolute atomic E-state index is 0.0584. The zero-order chi connectivity index (χ0) is 10.4. The Kier molecular flexibility index (Phi) is 5.49. The Hall–Kier alpha value is -0.0800. The van der Waals surface area contributed by atoms with Gasteiger partial charge in [-0.1, -0.05) is 26.2 Å². The summed E-state index contributed by atoms with van der Waals surface area (Å²) in [6, 6.07) is 0. The molecule has 0 saturated heterocycles. The lowest BCUT2D eigenvalue weighted by Crippen LogP contribution is -2.36. The van der Waals surface area contributed by atoms with Crippen LogP contribution in [0, 0.1) is 5.92 Å². The van der Waals surface area contributed by atoms with Crippen molar-refractivity contribution in [3.05, 3.63) is 0 Å². The summed E-state index contributed by atoms with van der Waals surface area (Å²) in [5.74, 6) is 0.486. The lowest BCUT2D eigenvalue weighted by molar-refractivity contribution is -0.0660. The van der Waals surface area contributed by atoms with Gasteiger partial charge in [-0.05, 0) is 32.1 Å². The maximum absolute atomic E-state index is 10.1. The van der Waals surface area contributed by atoms with Crippen molar-refractivity contribution in [1.29, 1.82) is 0 Å². The average Bonchev–Trinajstić information content (AvgIpc) is 2.26. The third-order valence-electron chi connectivity index (χ3n) is 3.30. The van der Waals surface area contributed by atoms with Gasteiger partial charge in [-0.2, -0.15) is 0 Å². The highest BCUT2D eigenvalue weighted by Gasteiger charge is 2.27. The SMILES string of the molecule is CCOC(CC)C(O)C1CCCCC1. The predicted molar refractivity (Wildman–Crippen MR) is 58.3 cm³/mol. The number of hydrogen-bond acceptors (Lipinski definition) is 2. The number of hydrogen-bond donors (Lipinski definition) is 1. The minimum atomic E-state index is -0.236. The van der Waals surface area contributed by atoms with Crippen molar-refractivity contribution in [2.24, 2.45) is 5.92 Å². The molecule has 2 atom stereocenters. The lowest BCUT2D eigenvalue weighted by atomic mass is 9.83. The van der Waals surface area contributed by atoms with E-state index in [1.54, 1.807) is 0 Å². The van der Waals surface area contributed by atoms with Gasteiger partial charge in [0.25, 0.3) is 0 Å². The van der Waals surface area contributed by atoms with Crippen LogP contribution in [0.1, 0.15) is 52.4 Å². The second-order valence-corrected chi connectivity index (χ2v) is 4.29. The highest BCUT2D eigenvalue weighted by atomic mass is 16.5. The topological polar surface area (TPSA) is 29.5 Å². The van der Waals surface area contributed by atoms with Gasteiger partial charge >= 0.3 is 0 Å². The van der Waals surface area contributed by atoms with Crippen LogP contribution >= 0.6 is 0 Å². The highest BCUT2D eigenvalue weighted by Crippen LogP contribution is 2.29. The first-order valence-electron chi connectivity index (χ1n) is 6.09. The van der Waals surface area contributed by atoms with Crippen LogP contribution < -0.4 is 0 Å². The summed E-state index contributed by atoms with van der Waals surface area (Å²) in [5, 5.41) is 10.1. The smallest absolute Gasteiger partial charge is 0.0833 e. The van der Waals surface area contributed by atoms with Gasteiger partial charge in [0.05, 0.1) is 12.2 Å². The molecule has 1 rings (SSSR count). The molecule has 0 aromatic carbocycles. The van der Waals surface area contributed by atoms with Crippen LogP contribution in [0.3, 0.4) is 0 Å². The first-order valence-corrected chi connectivity index (χ1v) is 6.09. The molecule has 0 amide bonds. The molecule has 0 aromatic rings. The van der Waals surface area contributed by atoms with Crippen LogP contribution in [0.4, 0.5) is 0 Å². The number of aliphatic hydroxyl groups is 1. The van der Waals surface area contributed by atoms with Crippen molar-refractivity contribution in [1.82, 2.24) is 0 Å². The van der Waals surface area contributed by atoms with Gasteiger partial charge in [-0.25, -0.2) is 0 Å². The van der Waals surface area contributed by atoms with Crippen molar-refractivity contribution >= 4 is 0 Å². The Balaban J connectivity index is 2.38. The standard InChI is InChI=1S/C12H24O2/c1-3-11(14-4-2)12(13)10-8-6-5-7-9-10/h10-13H,3-9H2,1-2H3. The first-order chi connectivity index (χ1) is 6.79. The van der Waals surface area contributed by atoms with Crippen LogP contribution in [-0.2, 0) is 4.74 Å². The Bertz CT molecular complexity index is 137. The van der Waals surface area contributed by atoms with Gasteiger partial charge in [-0.15, -0.1) is 0 Å². The molecule has 0 bridgehead atoms. The van der Waals surface area contributed by atoms with Crippen LogP contribution in [0.2, 0.25) is 0 Å². The molecular formula is C12H24O2. The maximum atomic E-state index is 10.1. The largest absolute Gasteiger partial charge is 0.390 e. The van der Waals surface area contributed by atoms with Gasteiger partial charge in [0.2, 0.25) is 0 Å². The number of ether oxygens (including phenoxy) is 1. The normalized spacial score (nSPS) is 23.4. The van der Waals surface area contributed by atoms with E-state index < -0.39 is 0 Å². The van der Waals surface area contributed by atoms with E-state index in [1.807, 2.05) is 6.92 Å². The Morgan fingerprint density at radius 1 is 1.21 bits per heavy atom. The van der Waals surface area contributed by atoms with E-state index in [0.29, 0.717) is 12.5 Å². The maximum Gasteiger partial charge on any atom is 0.0833 e. The van der Waals surface area contributed by atoms with E-state index in [2.05, 4.69) is 6.92 Å². The highest BCUT2D eigenvalue weighted by molar-refractivity contribution is 4.78. The first kappa shape index (κ1) is 12.0. The summed E-state index contributed by atoms with van der Waals surface area (Å²) in [6.07, 6.45) is 7.02. The summed E-state index contributed by atoms with van der Waals surface area (Å²) < 4.78 is 5.56. The molecule has 0 aliphatic heterocycles. The predicted octanol–water partition coefficient (Wildman–Crippen LogP) is 2.74. The molecule has 1 aliphatic rings. The van der Waals surface area contributed by atoms with Crippen molar-refractivity contribution < 1.29 is 9.84 Å². The second kappa shape index (κ2) is 6.41. The molecule has 1 saturated carbocycles. The van der Waals surface area contributed by atoms with Crippen molar-refractivity contribution in [2.45, 2.75) is 64.6 Å². The molecule has 84 valence electrons. The van der Waals surface area contributed by atoms with E-state index in [-0.39, 0.29) is 12.2 Å². The summed E-state index contributed by atoms with van der Waals surface area (Å²) in [4.78, 5) is 0. The van der Waals surface area contributed by atoms with Gasteiger partial charge in [0, 0.05) is 6.61 Å². The average molecular weight is 200 g/mol. The van der Waals surface area contributed by atoms with Gasteiger partial charge in [0.1, 0.15) is 0 Å². The Morgan fingerprint density at radius 2 is 1.86 bits per heavy atom. The van der Waals surface area contributed by atoms with Crippen LogP contribution in [0.15, 0.2) is 0 Å². The van der Waals surface area contributed by atoms with Crippen molar-refractivity contribution in [3.8, 4) is 0 Å². The van der Waals surface area contributed by atoms with E-state index >= 15 is 0 Å². The van der Waals surface area contributed by atoms with E-state index in [9.17, 15) is 5.11 Å². The number of rotatable bonds is 5. The molecule has 2 nitrogen and oxygen atoms in total. The fourth-order valence-corrected chi connectivity index (χ4v) is 2.45. The van der Waals surface area contributed by atoms with Crippen LogP contribution in [0.25, 0.3) is 0 Å². The number of aliphatic hydroxyl groups excluding tert-OH is 1. The summed E-state index contributed by atoms with van der Waals surface area (Å²) in [5.41, 5.74) is 0. The molecule has 1 aliphatic carbocycles. The van der Waals surface area contributed by atoms with Crippen LogP contribution in [0.5, 0.6) is 0 Å². The molecule has 1 N–H and O–H groups in total. The van der Waals surface area contributed by atoms with Crippen LogP contribution in [-0.4, -0.2) is 23.9 Å². The molecule has 0 spiro atoms. The molecule has 2 heteroatoms. The summed E-state index contributed by atoms with van der Waals surface area (Å²) in [6.45, 7) is 4.80. The van der Waals surface area contributed by atoms with E-state index in [4.69, 9.17) is 4.74 Å². The third-order valence-corrected chi connectivity index (χ3v) is 3.30. The molecule has 14 heavy (non-hydrogen) atoms. The molecule has 0 aromatic heterocycles. The molecule has 1 fully saturated rings. The molecular weight excluding hydrogens is 176 g/mol. The third kappa shape index (κ3) is 3.25. The molecule has 2 unspecified atom stereocenters. The molecule has 0 heterocycles. The quantitative estimate of drug-likeness (QED) is 0.739. The zero-order valence-corrected chi connectivity index (χ0v) is 9.54. The minimum Gasteiger partial charge on any atom is -0.390 e. The Labute approximate surface area is 87.7 Å². The van der Waals surface area contributed by atoms with E-state index in [0.717, 1.165) is 6.42 Å².